The van der Waals surface area contributed by atoms with Gasteiger partial charge in [-0.1, -0.05) is 17.7 Å². The maximum atomic E-state index is 9.36. The summed E-state index contributed by atoms with van der Waals surface area (Å²) in [4.78, 5) is 7.48. The van der Waals surface area contributed by atoms with Crippen molar-refractivity contribution in [2.45, 2.75) is 12.5 Å². The van der Waals surface area contributed by atoms with E-state index in [1.165, 1.54) is 0 Å². The molecule has 0 fully saturated rings. The van der Waals surface area contributed by atoms with Gasteiger partial charge in [0.25, 0.3) is 0 Å². The highest BCUT2D eigenvalue weighted by atomic mass is 35.5. The minimum absolute atomic E-state index is 0.00176. The Kier molecular flexibility index (Phi) is 2.53. The lowest BCUT2D eigenvalue weighted by Crippen LogP contribution is -2.30. The minimum Gasteiger partial charge on any atom is -0.508 e. The largest absolute Gasteiger partial charge is 0.508 e. The van der Waals surface area contributed by atoms with Gasteiger partial charge in [-0.25, -0.2) is 4.98 Å². The molecule has 3 rings (SSSR count). The number of hydrogen-bond donors (Lipinski definition) is 3. The van der Waals surface area contributed by atoms with Crippen molar-refractivity contribution in [2.24, 2.45) is 0 Å². The van der Waals surface area contributed by atoms with Gasteiger partial charge in [0.2, 0.25) is 0 Å². The highest BCUT2D eigenvalue weighted by Gasteiger charge is 2.25. The fourth-order valence-electron chi connectivity index (χ4n) is 2.23. The van der Waals surface area contributed by atoms with E-state index in [1.54, 1.807) is 18.5 Å². The van der Waals surface area contributed by atoms with E-state index in [4.69, 9.17) is 11.6 Å². The standard InChI is InChI=1S/C12H12ClN3O/c13-9-5-7(17)1-2-8(9)11-12-10(3-4-14-11)15-6-16-12/h1-2,5-6,11,14,17H,3-4H2,(H,15,16)/t11-/m1/s1. The van der Waals surface area contributed by atoms with Crippen molar-refractivity contribution in [1.82, 2.24) is 15.3 Å². The lowest BCUT2D eigenvalue weighted by molar-refractivity contribution is 0.474. The quantitative estimate of drug-likeness (QED) is 0.725. The number of hydrogen-bond acceptors (Lipinski definition) is 3. The van der Waals surface area contributed by atoms with Crippen LogP contribution in [0, 0.1) is 0 Å². The van der Waals surface area contributed by atoms with Crippen LogP contribution >= 0.6 is 11.6 Å². The van der Waals surface area contributed by atoms with E-state index in [9.17, 15) is 5.11 Å². The molecule has 0 spiro atoms. The van der Waals surface area contributed by atoms with Crippen LogP contribution in [-0.4, -0.2) is 21.6 Å². The van der Waals surface area contributed by atoms with Crippen LogP contribution in [0.2, 0.25) is 5.02 Å². The van der Waals surface area contributed by atoms with E-state index in [-0.39, 0.29) is 11.8 Å². The Morgan fingerprint density at radius 3 is 3.12 bits per heavy atom. The van der Waals surface area contributed by atoms with E-state index < -0.39 is 0 Å². The van der Waals surface area contributed by atoms with Crippen LogP contribution in [0.1, 0.15) is 23.0 Å². The zero-order valence-corrected chi connectivity index (χ0v) is 9.83. The maximum Gasteiger partial charge on any atom is 0.117 e. The monoisotopic (exact) mass is 249 g/mol. The minimum atomic E-state index is -0.00176. The Morgan fingerprint density at radius 1 is 1.41 bits per heavy atom. The molecular weight excluding hydrogens is 238 g/mol. The van der Waals surface area contributed by atoms with Crippen LogP contribution in [0.4, 0.5) is 0 Å². The molecule has 1 aromatic heterocycles. The molecule has 0 unspecified atom stereocenters. The SMILES string of the molecule is Oc1ccc([C@H]2NCCc3[nH]cnc32)c(Cl)c1. The van der Waals surface area contributed by atoms with Crippen LogP contribution in [0.25, 0.3) is 0 Å². The van der Waals surface area contributed by atoms with Gasteiger partial charge in [-0.2, -0.15) is 0 Å². The molecule has 0 amide bonds. The van der Waals surface area contributed by atoms with Gasteiger partial charge >= 0.3 is 0 Å². The third kappa shape index (κ3) is 1.79. The molecule has 0 saturated heterocycles. The molecule has 1 aliphatic rings. The first-order chi connectivity index (χ1) is 8.25. The van der Waals surface area contributed by atoms with Gasteiger partial charge in [0.1, 0.15) is 5.75 Å². The van der Waals surface area contributed by atoms with Crippen molar-refractivity contribution in [3.8, 4) is 5.75 Å². The van der Waals surface area contributed by atoms with Gasteiger partial charge in [0.15, 0.2) is 0 Å². The number of nitrogens with zero attached hydrogens (tertiary/aromatic N) is 1. The molecule has 2 aromatic rings. The van der Waals surface area contributed by atoms with Crippen molar-refractivity contribution >= 4 is 11.6 Å². The lowest BCUT2D eigenvalue weighted by atomic mass is 9.98. The molecule has 0 bridgehead atoms. The molecule has 17 heavy (non-hydrogen) atoms. The summed E-state index contributed by atoms with van der Waals surface area (Å²) in [5.41, 5.74) is 3.08. The van der Waals surface area contributed by atoms with Gasteiger partial charge in [0.05, 0.1) is 18.1 Å². The Labute approximate surface area is 104 Å². The number of nitrogens with one attached hydrogen (secondary N) is 2. The maximum absolute atomic E-state index is 9.36. The third-order valence-electron chi connectivity index (χ3n) is 3.04. The number of aromatic nitrogens is 2. The van der Waals surface area contributed by atoms with Crippen molar-refractivity contribution in [3.63, 3.8) is 0 Å². The first kappa shape index (κ1) is 10.6. The average molecular weight is 250 g/mol. The smallest absolute Gasteiger partial charge is 0.117 e. The van der Waals surface area contributed by atoms with Crippen LogP contribution in [0.15, 0.2) is 24.5 Å². The molecule has 2 heterocycles. The van der Waals surface area contributed by atoms with Crippen LogP contribution in [0.5, 0.6) is 5.75 Å². The normalized spacial score (nSPS) is 19.0. The molecule has 1 aliphatic heterocycles. The predicted octanol–water partition coefficient (Wildman–Crippen LogP) is 2.00. The summed E-state index contributed by atoms with van der Waals surface area (Å²) in [6.45, 7) is 0.886. The molecule has 0 saturated carbocycles. The number of H-pyrrole nitrogens is 1. The zero-order chi connectivity index (χ0) is 11.8. The Balaban J connectivity index is 2.06. The van der Waals surface area contributed by atoms with Gasteiger partial charge < -0.3 is 15.4 Å². The summed E-state index contributed by atoms with van der Waals surface area (Å²) in [6.07, 6.45) is 2.65. The second kappa shape index (κ2) is 4.05. The van der Waals surface area contributed by atoms with Gasteiger partial charge in [-0.05, 0) is 17.7 Å². The molecule has 1 atom stereocenters. The summed E-state index contributed by atoms with van der Waals surface area (Å²) in [7, 11) is 0. The van der Waals surface area contributed by atoms with Crippen molar-refractivity contribution in [1.29, 1.82) is 0 Å². The summed E-state index contributed by atoms with van der Waals surface area (Å²) in [5, 5.41) is 13.3. The summed E-state index contributed by atoms with van der Waals surface area (Å²) in [6, 6.07) is 5.03. The highest BCUT2D eigenvalue weighted by Crippen LogP contribution is 2.32. The fourth-order valence-corrected chi connectivity index (χ4v) is 2.51. The lowest BCUT2D eigenvalue weighted by Gasteiger charge is -2.24. The Morgan fingerprint density at radius 2 is 2.29 bits per heavy atom. The second-order valence-electron chi connectivity index (χ2n) is 4.11. The molecule has 5 heteroatoms. The van der Waals surface area contributed by atoms with E-state index in [0.717, 1.165) is 29.9 Å². The molecule has 0 radical (unpaired) electrons. The van der Waals surface area contributed by atoms with E-state index in [1.807, 2.05) is 6.07 Å². The second-order valence-corrected chi connectivity index (χ2v) is 4.52. The molecule has 88 valence electrons. The average Bonchev–Trinajstić information content (AvgIpc) is 2.77. The van der Waals surface area contributed by atoms with E-state index in [2.05, 4.69) is 15.3 Å². The number of halogens is 1. The van der Waals surface area contributed by atoms with Crippen LogP contribution in [-0.2, 0) is 6.42 Å². The first-order valence-electron chi connectivity index (χ1n) is 5.49. The van der Waals surface area contributed by atoms with E-state index in [0.29, 0.717) is 5.02 Å². The van der Waals surface area contributed by atoms with Crippen molar-refractivity contribution < 1.29 is 5.11 Å². The molecule has 3 N–H and O–H groups in total. The van der Waals surface area contributed by atoms with E-state index >= 15 is 0 Å². The molecule has 1 aromatic carbocycles. The Bertz CT molecular complexity index is 552. The number of fused-ring (bicyclic) bond motifs is 1. The zero-order valence-electron chi connectivity index (χ0n) is 9.07. The van der Waals surface area contributed by atoms with Gasteiger partial charge in [-0.15, -0.1) is 0 Å². The van der Waals surface area contributed by atoms with Crippen LogP contribution < -0.4 is 5.32 Å². The molecule has 0 aliphatic carbocycles. The van der Waals surface area contributed by atoms with Crippen molar-refractivity contribution in [3.05, 3.63) is 46.5 Å². The molecular formula is C12H12ClN3O. The number of aromatic hydroxyl groups is 1. The number of phenols is 1. The number of phenolic OH excluding ortho intramolecular Hbond substituents is 1. The Hall–Kier alpha value is -1.52. The number of benzene rings is 1. The van der Waals surface area contributed by atoms with Crippen molar-refractivity contribution in [2.75, 3.05) is 6.54 Å². The number of imidazole rings is 1. The topological polar surface area (TPSA) is 60.9 Å². The van der Waals surface area contributed by atoms with Crippen LogP contribution in [0.3, 0.4) is 0 Å². The van der Waals surface area contributed by atoms with Gasteiger partial charge in [-0.3, -0.25) is 0 Å². The van der Waals surface area contributed by atoms with Gasteiger partial charge in [0, 0.05) is 23.7 Å². The summed E-state index contributed by atoms with van der Waals surface area (Å²) >= 11 is 6.16. The fraction of sp³-hybridized carbons (Fsp3) is 0.250. The predicted molar refractivity (Wildman–Crippen MR) is 65.3 cm³/mol. The first-order valence-corrected chi connectivity index (χ1v) is 5.87. The summed E-state index contributed by atoms with van der Waals surface area (Å²) < 4.78 is 0. The summed E-state index contributed by atoms with van der Waals surface area (Å²) in [5.74, 6) is 0.178. The highest BCUT2D eigenvalue weighted by molar-refractivity contribution is 6.31. The number of rotatable bonds is 1. The molecule has 4 nitrogen and oxygen atoms in total. The third-order valence-corrected chi connectivity index (χ3v) is 3.37. The number of aromatic amines is 1.